The van der Waals surface area contributed by atoms with Gasteiger partial charge in [0.2, 0.25) is 0 Å². The van der Waals surface area contributed by atoms with E-state index in [-0.39, 0.29) is 0 Å². The van der Waals surface area contributed by atoms with Crippen LogP contribution in [0.5, 0.6) is 0 Å². The first-order chi connectivity index (χ1) is 5.99. The Morgan fingerprint density at radius 3 is 2.54 bits per heavy atom. The van der Waals surface area contributed by atoms with Crippen LogP contribution >= 0.6 is 0 Å². The fourth-order valence-corrected chi connectivity index (χ4v) is 0.860. The summed E-state index contributed by atoms with van der Waals surface area (Å²) >= 11 is 0. The second kappa shape index (κ2) is 5.75. The van der Waals surface area contributed by atoms with Crippen LogP contribution in [0.4, 0.5) is 0 Å². The molecule has 13 heavy (non-hydrogen) atoms. The summed E-state index contributed by atoms with van der Waals surface area (Å²) in [7, 11) is 2.00. The van der Waals surface area contributed by atoms with Crippen LogP contribution in [0.3, 0.4) is 0 Å². The van der Waals surface area contributed by atoms with Gasteiger partial charge in [-0.2, -0.15) is 0 Å². The molecule has 0 fully saturated rings. The lowest BCUT2D eigenvalue weighted by atomic mass is 10.2. The maximum absolute atomic E-state index is 10.5. The lowest BCUT2D eigenvalue weighted by Crippen LogP contribution is -2.28. The zero-order valence-corrected chi connectivity index (χ0v) is 8.87. The normalized spacial score (nSPS) is 14.7. The van der Waals surface area contributed by atoms with Gasteiger partial charge in [-0.05, 0) is 27.3 Å². The lowest BCUT2D eigenvalue weighted by Gasteiger charge is -2.21. The molecule has 0 aliphatic carbocycles. The molecule has 0 aliphatic rings. The number of hydrogen-bond acceptors (Lipinski definition) is 2. The number of carboxylic acids is 1. The number of carbonyl (C=O) groups is 1. The number of rotatable bonds is 5. The number of carboxylic acid groups (broad SMARTS) is 1. The first-order valence-electron chi connectivity index (χ1n) is 4.59. The lowest BCUT2D eigenvalue weighted by molar-refractivity contribution is -0.132. The summed E-state index contributed by atoms with van der Waals surface area (Å²) in [4.78, 5) is 12.6. The van der Waals surface area contributed by atoms with E-state index in [2.05, 4.69) is 18.7 Å². The standard InChI is InChI=1S/C10H19NO2/c1-5-9(3)11(4)7-6-8(2)10(12)13/h6,9H,5,7H2,1-4H3,(H,12,13). The third kappa shape index (κ3) is 4.68. The molecule has 3 heteroatoms. The quantitative estimate of drug-likeness (QED) is 0.663. The fraction of sp³-hybridized carbons (Fsp3) is 0.700. The maximum atomic E-state index is 10.5. The SMILES string of the molecule is CCC(C)N(C)CC=C(C)C(=O)O. The Morgan fingerprint density at radius 2 is 2.15 bits per heavy atom. The predicted molar refractivity (Wildman–Crippen MR) is 53.8 cm³/mol. The van der Waals surface area contributed by atoms with E-state index in [0.717, 1.165) is 6.42 Å². The van der Waals surface area contributed by atoms with Crippen molar-refractivity contribution in [3.05, 3.63) is 11.6 Å². The van der Waals surface area contributed by atoms with E-state index in [9.17, 15) is 4.79 Å². The molecule has 0 bridgehead atoms. The van der Waals surface area contributed by atoms with Crippen LogP contribution in [-0.2, 0) is 4.79 Å². The van der Waals surface area contributed by atoms with E-state index in [1.807, 2.05) is 7.05 Å². The van der Waals surface area contributed by atoms with Crippen molar-refractivity contribution >= 4 is 5.97 Å². The van der Waals surface area contributed by atoms with Crippen LogP contribution in [0.2, 0.25) is 0 Å². The molecule has 76 valence electrons. The van der Waals surface area contributed by atoms with Crippen LogP contribution in [0.1, 0.15) is 27.2 Å². The molecular weight excluding hydrogens is 166 g/mol. The summed E-state index contributed by atoms with van der Waals surface area (Å²) in [5.41, 5.74) is 0.412. The number of aliphatic carboxylic acids is 1. The minimum absolute atomic E-state index is 0.412. The smallest absolute Gasteiger partial charge is 0.330 e. The molecule has 0 saturated carbocycles. The molecule has 3 nitrogen and oxygen atoms in total. The minimum atomic E-state index is -0.836. The Morgan fingerprint density at radius 1 is 1.62 bits per heavy atom. The van der Waals surface area contributed by atoms with E-state index in [1.54, 1.807) is 13.0 Å². The highest BCUT2D eigenvalue weighted by atomic mass is 16.4. The average molecular weight is 185 g/mol. The summed E-state index contributed by atoms with van der Waals surface area (Å²) in [6.07, 6.45) is 2.82. The average Bonchev–Trinajstić information content (AvgIpc) is 2.11. The zero-order valence-electron chi connectivity index (χ0n) is 8.87. The summed E-state index contributed by atoms with van der Waals surface area (Å²) < 4.78 is 0. The Hall–Kier alpha value is -0.830. The molecule has 1 N–H and O–H groups in total. The predicted octanol–water partition coefficient (Wildman–Crippen LogP) is 1.75. The van der Waals surface area contributed by atoms with E-state index >= 15 is 0 Å². The third-order valence-electron chi connectivity index (χ3n) is 2.37. The van der Waals surface area contributed by atoms with Gasteiger partial charge in [-0.25, -0.2) is 4.79 Å². The van der Waals surface area contributed by atoms with Gasteiger partial charge in [0.1, 0.15) is 0 Å². The largest absolute Gasteiger partial charge is 0.478 e. The molecule has 0 aromatic rings. The molecule has 0 aliphatic heterocycles. The monoisotopic (exact) mass is 185 g/mol. The highest BCUT2D eigenvalue weighted by Gasteiger charge is 2.05. The molecular formula is C10H19NO2. The van der Waals surface area contributed by atoms with Gasteiger partial charge in [-0.15, -0.1) is 0 Å². The molecule has 0 radical (unpaired) electrons. The first kappa shape index (κ1) is 12.2. The van der Waals surface area contributed by atoms with Crippen molar-refractivity contribution in [3.63, 3.8) is 0 Å². The molecule has 0 rings (SSSR count). The summed E-state index contributed by atoms with van der Waals surface area (Å²) in [5, 5.41) is 8.60. The van der Waals surface area contributed by atoms with Crippen molar-refractivity contribution in [2.45, 2.75) is 33.2 Å². The van der Waals surface area contributed by atoms with Crippen molar-refractivity contribution in [1.29, 1.82) is 0 Å². The molecule has 1 unspecified atom stereocenters. The Balaban J connectivity index is 4.00. The van der Waals surface area contributed by atoms with Gasteiger partial charge in [0.15, 0.2) is 0 Å². The molecule has 0 heterocycles. The molecule has 0 amide bonds. The van der Waals surface area contributed by atoms with Crippen molar-refractivity contribution in [2.24, 2.45) is 0 Å². The Kier molecular flexibility index (Phi) is 5.39. The van der Waals surface area contributed by atoms with Crippen molar-refractivity contribution in [1.82, 2.24) is 4.90 Å². The van der Waals surface area contributed by atoms with E-state index in [0.29, 0.717) is 18.2 Å². The summed E-state index contributed by atoms with van der Waals surface area (Å²) in [6, 6.07) is 0.498. The van der Waals surface area contributed by atoms with E-state index in [4.69, 9.17) is 5.11 Å². The third-order valence-corrected chi connectivity index (χ3v) is 2.37. The van der Waals surface area contributed by atoms with Gasteiger partial charge >= 0.3 is 5.97 Å². The second-order valence-corrected chi connectivity index (χ2v) is 3.39. The van der Waals surface area contributed by atoms with Crippen LogP contribution in [0.15, 0.2) is 11.6 Å². The fourth-order valence-electron chi connectivity index (χ4n) is 0.860. The van der Waals surface area contributed by atoms with Crippen LogP contribution in [0.25, 0.3) is 0 Å². The van der Waals surface area contributed by atoms with Crippen LogP contribution in [0, 0.1) is 0 Å². The molecule has 0 saturated heterocycles. The number of likely N-dealkylation sites (N-methyl/N-ethyl adjacent to an activating group) is 1. The van der Waals surface area contributed by atoms with Gasteiger partial charge < -0.3 is 10.0 Å². The van der Waals surface area contributed by atoms with E-state index in [1.165, 1.54) is 0 Å². The van der Waals surface area contributed by atoms with Gasteiger partial charge in [0, 0.05) is 18.2 Å². The van der Waals surface area contributed by atoms with Crippen molar-refractivity contribution in [3.8, 4) is 0 Å². The molecule has 0 spiro atoms. The van der Waals surface area contributed by atoms with Crippen LogP contribution in [-0.4, -0.2) is 35.6 Å². The molecule has 0 aromatic carbocycles. The minimum Gasteiger partial charge on any atom is -0.478 e. The van der Waals surface area contributed by atoms with Crippen molar-refractivity contribution < 1.29 is 9.90 Å². The maximum Gasteiger partial charge on any atom is 0.330 e. The topological polar surface area (TPSA) is 40.5 Å². The summed E-state index contributed by atoms with van der Waals surface area (Å²) in [5.74, 6) is -0.836. The molecule has 0 aromatic heterocycles. The highest BCUT2D eigenvalue weighted by molar-refractivity contribution is 5.85. The number of hydrogen-bond donors (Lipinski definition) is 1. The van der Waals surface area contributed by atoms with Gasteiger partial charge in [0.25, 0.3) is 0 Å². The van der Waals surface area contributed by atoms with Gasteiger partial charge in [-0.3, -0.25) is 0 Å². The van der Waals surface area contributed by atoms with Gasteiger partial charge in [-0.1, -0.05) is 13.0 Å². The Bertz CT molecular complexity index is 199. The highest BCUT2D eigenvalue weighted by Crippen LogP contribution is 2.01. The van der Waals surface area contributed by atoms with E-state index < -0.39 is 5.97 Å². The van der Waals surface area contributed by atoms with Gasteiger partial charge in [0.05, 0.1) is 0 Å². The zero-order chi connectivity index (χ0) is 10.4. The Labute approximate surface area is 80.0 Å². The second-order valence-electron chi connectivity index (χ2n) is 3.39. The van der Waals surface area contributed by atoms with Crippen LogP contribution < -0.4 is 0 Å². The first-order valence-corrected chi connectivity index (χ1v) is 4.59. The van der Waals surface area contributed by atoms with Crippen molar-refractivity contribution in [2.75, 3.05) is 13.6 Å². The summed E-state index contributed by atoms with van der Waals surface area (Å²) in [6.45, 7) is 6.57. The molecule has 1 atom stereocenters. The number of nitrogens with zero attached hydrogens (tertiary/aromatic N) is 1.